The normalized spacial score (nSPS) is 11.7. The second-order valence-corrected chi connectivity index (χ2v) is 3.82. The predicted molar refractivity (Wildman–Crippen MR) is 68.2 cm³/mol. The van der Waals surface area contributed by atoms with Gasteiger partial charge < -0.3 is 0 Å². The lowest BCUT2D eigenvalue weighted by Crippen LogP contribution is -1.99. The zero-order valence-corrected chi connectivity index (χ0v) is 9.14. The average molecular weight is 206 g/mol. The molecule has 0 spiro atoms. The molecule has 0 fully saturated rings. The minimum absolute atomic E-state index is 0.170. The summed E-state index contributed by atoms with van der Waals surface area (Å²) in [6.45, 7) is 0. The van der Waals surface area contributed by atoms with E-state index in [-0.39, 0.29) is 5.92 Å². The van der Waals surface area contributed by atoms with Crippen molar-refractivity contribution >= 4 is 0 Å². The minimum atomic E-state index is 0.170. The van der Waals surface area contributed by atoms with Gasteiger partial charge in [-0.1, -0.05) is 66.6 Å². The molecule has 0 bridgehead atoms. The van der Waals surface area contributed by atoms with Gasteiger partial charge in [0.05, 0.1) is 0 Å². The van der Waals surface area contributed by atoms with E-state index in [2.05, 4.69) is 30.2 Å². The highest BCUT2D eigenvalue weighted by atomic mass is 14.1. The molecule has 2 rings (SSSR count). The van der Waals surface area contributed by atoms with Crippen molar-refractivity contribution in [1.29, 1.82) is 0 Å². The van der Waals surface area contributed by atoms with E-state index in [9.17, 15) is 0 Å². The van der Waals surface area contributed by atoms with Gasteiger partial charge >= 0.3 is 0 Å². The van der Waals surface area contributed by atoms with Crippen LogP contribution in [0.2, 0.25) is 0 Å². The zero-order chi connectivity index (χ0) is 11.2. The molecule has 1 unspecified atom stereocenters. The van der Waals surface area contributed by atoms with E-state index in [4.69, 9.17) is 6.42 Å². The summed E-state index contributed by atoms with van der Waals surface area (Å²) in [7, 11) is 0. The molecule has 0 aliphatic rings. The van der Waals surface area contributed by atoms with Gasteiger partial charge in [0.1, 0.15) is 0 Å². The Bertz CT molecular complexity index is 462. The van der Waals surface area contributed by atoms with Gasteiger partial charge in [-0.05, 0) is 17.5 Å². The fourth-order valence-corrected chi connectivity index (χ4v) is 1.81. The second-order valence-electron chi connectivity index (χ2n) is 3.82. The van der Waals surface area contributed by atoms with Crippen LogP contribution in [0.4, 0.5) is 0 Å². The average Bonchev–Trinajstić information content (AvgIpc) is 2.38. The van der Waals surface area contributed by atoms with Gasteiger partial charge in [0.25, 0.3) is 0 Å². The Labute approximate surface area is 96.9 Å². The van der Waals surface area contributed by atoms with Crippen LogP contribution in [0, 0.1) is 12.3 Å². The van der Waals surface area contributed by atoms with E-state index < -0.39 is 0 Å². The lowest BCUT2D eigenvalue weighted by molar-refractivity contribution is 0.863. The highest BCUT2D eigenvalue weighted by molar-refractivity contribution is 5.30. The lowest BCUT2D eigenvalue weighted by atomic mass is 9.93. The molecule has 0 heterocycles. The first-order chi connectivity index (χ1) is 7.90. The largest absolute Gasteiger partial charge is 0.119 e. The zero-order valence-electron chi connectivity index (χ0n) is 9.14. The van der Waals surface area contributed by atoms with Crippen LogP contribution in [-0.4, -0.2) is 0 Å². The van der Waals surface area contributed by atoms with Crippen molar-refractivity contribution in [2.24, 2.45) is 0 Å². The Hall–Kier alpha value is -2.00. The Morgan fingerprint density at radius 2 is 1.44 bits per heavy atom. The molecule has 0 aromatic heterocycles. The molecule has 0 amide bonds. The lowest BCUT2D eigenvalue weighted by Gasteiger charge is -2.10. The summed E-state index contributed by atoms with van der Waals surface area (Å²) in [4.78, 5) is 0. The molecule has 0 N–H and O–H groups in total. The molecular weight excluding hydrogens is 192 g/mol. The molecule has 0 aliphatic heterocycles. The third kappa shape index (κ3) is 2.52. The van der Waals surface area contributed by atoms with E-state index in [1.54, 1.807) is 0 Å². The van der Waals surface area contributed by atoms with Crippen LogP contribution in [0.5, 0.6) is 0 Å². The Kier molecular flexibility index (Phi) is 3.41. The molecule has 2 aromatic carbocycles. The smallest absolute Gasteiger partial charge is 0.0489 e. The van der Waals surface area contributed by atoms with Gasteiger partial charge in [0, 0.05) is 5.92 Å². The molecule has 0 nitrogen and oxygen atoms in total. The van der Waals surface area contributed by atoms with Crippen molar-refractivity contribution in [2.45, 2.75) is 12.3 Å². The summed E-state index contributed by atoms with van der Waals surface area (Å²) in [6.07, 6.45) is 6.51. The van der Waals surface area contributed by atoms with E-state index in [0.29, 0.717) is 0 Å². The predicted octanol–water partition coefficient (Wildman–Crippen LogP) is 3.65. The maximum absolute atomic E-state index is 5.60. The van der Waals surface area contributed by atoms with Gasteiger partial charge in [0.15, 0.2) is 0 Å². The van der Waals surface area contributed by atoms with Gasteiger partial charge in [-0.3, -0.25) is 0 Å². The standard InChI is InChI=1S/C16H14/c1-2-15(16-11-7-4-8-12-16)13-14-9-5-3-6-10-14/h1,3-12,15H,13H2. The van der Waals surface area contributed by atoms with Crippen molar-refractivity contribution in [2.75, 3.05) is 0 Å². The molecule has 1 atom stereocenters. The van der Waals surface area contributed by atoms with Gasteiger partial charge in [-0.25, -0.2) is 0 Å². The van der Waals surface area contributed by atoms with Crippen molar-refractivity contribution in [1.82, 2.24) is 0 Å². The summed E-state index contributed by atoms with van der Waals surface area (Å²) >= 11 is 0. The highest BCUT2D eigenvalue weighted by Gasteiger charge is 2.08. The van der Waals surface area contributed by atoms with Crippen LogP contribution in [0.1, 0.15) is 17.0 Å². The topological polar surface area (TPSA) is 0 Å². The Morgan fingerprint density at radius 3 is 2.00 bits per heavy atom. The fourth-order valence-electron chi connectivity index (χ4n) is 1.81. The van der Waals surface area contributed by atoms with Crippen LogP contribution in [0.15, 0.2) is 60.7 Å². The first-order valence-corrected chi connectivity index (χ1v) is 5.45. The van der Waals surface area contributed by atoms with Crippen LogP contribution in [-0.2, 0) is 6.42 Å². The van der Waals surface area contributed by atoms with Crippen LogP contribution >= 0.6 is 0 Å². The van der Waals surface area contributed by atoms with Crippen LogP contribution in [0.3, 0.4) is 0 Å². The quantitative estimate of drug-likeness (QED) is 0.672. The summed E-state index contributed by atoms with van der Waals surface area (Å²) in [5, 5.41) is 0. The fraction of sp³-hybridized carbons (Fsp3) is 0.125. The number of benzene rings is 2. The number of hydrogen-bond acceptors (Lipinski definition) is 0. The summed E-state index contributed by atoms with van der Waals surface area (Å²) in [5.74, 6) is 3.04. The molecule has 16 heavy (non-hydrogen) atoms. The van der Waals surface area contributed by atoms with E-state index >= 15 is 0 Å². The van der Waals surface area contributed by atoms with Crippen LogP contribution < -0.4 is 0 Å². The summed E-state index contributed by atoms with van der Waals surface area (Å²) in [5.41, 5.74) is 2.50. The number of rotatable bonds is 3. The summed E-state index contributed by atoms with van der Waals surface area (Å²) in [6, 6.07) is 20.6. The molecule has 0 radical (unpaired) electrons. The number of terminal acetylenes is 1. The maximum Gasteiger partial charge on any atom is 0.0489 e. The molecule has 2 aromatic rings. The molecular formula is C16H14. The van der Waals surface area contributed by atoms with E-state index in [1.165, 1.54) is 11.1 Å². The van der Waals surface area contributed by atoms with Crippen LogP contribution in [0.25, 0.3) is 0 Å². The third-order valence-corrected chi connectivity index (χ3v) is 2.69. The summed E-state index contributed by atoms with van der Waals surface area (Å²) < 4.78 is 0. The molecule has 0 saturated carbocycles. The monoisotopic (exact) mass is 206 g/mol. The SMILES string of the molecule is C#CC(Cc1ccccc1)c1ccccc1. The minimum Gasteiger partial charge on any atom is -0.119 e. The second kappa shape index (κ2) is 5.19. The van der Waals surface area contributed by atoms with Crippen molar-refractivity contribution < 1.29 is 0 Å². The number of hydrogen-bond donors (Lipinski definition) is 0. The van der Waals surface area contributed by atoms with Crippen molar-refractivity contribution in [3.63, 3.8) is 0 Å². The molecule has 0 saturated heterocycles. The highest BCUT2D eigenvalue weighted by Crippen LogP contribution is 2.19. The van der Waals surface area contributed by atoms with E-state index in [1.807, 2.05) is 36.4 Å². The molecule has 0 heteroatoms. The third-order valence-electron chi connectivity index (χ3n) is 2.69. The first-order valence-electron chi connectivity index (χ1n) is 5.45. The van der Waals surface area contributed by atoms with Gasteiger partial charge in [-0.15, -0.1) is 6.42 Å². The maximum atomic E-state index is 5.60. The Balaban J connectivity index is 2.17. The van der Waals surface area contributed by atoms with Crippen molar-refractivity contribution in [3.8, 4) is 12.3 Å². The van der Waals surface area contributed by atoms with Crippen molar-refractivity contribution in [3.05, 3.63) is 71.8 Å². The van der Waals surface area contributed by atoms with Gasteiger partial charge in [-0.2, -0.15) is 0 Å². The first kappa shape index (κ1) is 10.5. The van der Waals surface area contributed by atoms with Gasteiger partial charge in [0.2, 0.25) is 0 Å². The molecule has 78 valence electrons. The Morgan fingerprint density at radius 1 is 0.875 bits per heavy atom. The van der Waals surface area contributed by atoms with E-state index in [0.717, 1.165) is 6.42 Å². The molecule has 0 aliphatic carbocycles.